The summed E-state index contributed by atoms with van der Waals surface area (Å²) in [5.74, 6) is 0.636. The fourth-order valence-corrected chi connectivity index (χ4v) is 3.43. The third-order valence-electron chi connectivity index (χ3n) is 2.89. The van der Waals surface area contributed by atoms with Crippen LogP contribution in [0.2, 0.25) is 10.0 Å². The molecule has 2 heterocycles. The van der Waals surface area contributed by atoms with Gasteiger partial charge >= 0.3 is 0 Å². The number of thiazole rings is 1. The molecule has 0 aliphatic carbocycles. The van der Waals surface area contributed by atoms with Gasteiger partial charge in [-0.2, -0.15) is 0 Å². The van der Waals surface area contributed by atoms with Crippen molar-refractivity contribution in [3.05, 3.63) is 43.8 Å². The lowest BCUT2D eigenvalue weighted by Gasteiger charge is -2.09. The fraction of sp³-hybridized carbons (Fsp3) is 0.308. The molecule has 0 spiro atoms. The highest BCUT2D eigenvalue weighted by atomic mass is 35.5. The first kappa shape index (κ1) is 13.2. The Morgan fingerprint density at radius 2 is 2.26 bits per heavy atom. The summed E-state index contributed by atoms with van der Waals surface area (Å²) in [6.07, 6.45) is 0.994. The summed E-state index contributed by atoms with van der Waals surface area (Å²) in [4.78, 5) is 5.91. The summed E-state index contributed by atoms with van der Waals surface area (Å²) >= 11 is 13.6. The van der Waals surface area contributed by atoms with Crippen molar-refractivity contribution < 1.29 is 4.74 Å². The predicted molar refractivity (Wildman–Crippen MR) is 78.3 cm³/mol. The molecule has 3 nitrogen and oxygen atoms in total. The molecule has 19 heavy (non-hydrogen) atoms. The molecular formula is C13H12Cl2N2OS. The molecular weight excluding hydrogens is 303 g/mol. The van der Waals surface area contributed by atoms with E-state index in [9.17, 15) is 0 Å². The molecule has 0 saturated carbocycles. The maximum absolute atomic E-state index is 6.06. The number of hydrogen-bond acceptors (Lipinski definition) is 4. The average molecular weight is 315 g/mol. The molecule has 0 radical (unpaired) electrons. The van der Waals surface area contributed by atoms with Crippen molar-refractivity contribution >= 4 is 34.5 Å². The van der Waals surface area contributed by atoms with Gasteiger partial charge in [-0.1, -0.05) is 23.2 Å². The van der Waals surface area contributed by atoms with Gasteiger partial charge in [0.1, 0.15) is 17.4 Å². The van der Waals surface area contributed by atoms with Crippen molar-refractivity contribution in [3.63, 3.8) is 0 Å². The number of nitrogens with one attached hydrogen (secondary N) is 1. The van der Waals surface area contributed by atoms with Gasteiger partial charge in [0.15, 0.2) is 0 Å². The van der Waals surface area contributed by atoms with Crippen LogP contribution in [0.25, 0.3) is 0 Å². The van der Waals surface area contributed by atoms with E-state index in [-0.39, 0.29) is 0 Å². The number of benzene rings is 1. The Kier molecular flexibility index (Phi) is 3.93. The molecule has 1 aromatic heterocycles. The van der Waals surface area contributed by atoms with Crippen LogP contribution in [0.1, 0.15) is 15.6 Å². The Morgan fingerprint density at radius 1 is 1.37 bits per heavy atom. The summed E-state index contributed by atoms with van der Waals surface area (Å²) in [5.41, 5.74) is 1.20. The maximum atomic E-state index is 6.06. The zero-order chi connectivity index (χ0) is 13.2. The molecule has 3 rings (SSSR count). The summed E-state index contributed by atoms with van der Waals surface area (Å²) in [5, 5.41) is 5.45. The summed E-state index contributed by atoms with van der Waals surface area (Å²) in [6, 6.07) is 5.22. The van der Waals surface area contributed by atoms with E-state index in [0.29, 0.717) is 22.4 Å². The minimum atomic E-state index is 0.443. The zero-order valence-corrected chi connectivity index (χ0v) is 12.4. The first-order valence-electron chi connectivity index (χ1n) is 5.98. The molecule has 0 fully saturated rings. The highest BCUT2D eigenvalue weighted by Gasteiger charge is 2.15. The van der Waals surface area contributed by atoms with Gasteiger partial charge in [0, 0.05) is 29.4 Å². The molecule has 6 heteroatoms. The van der Waals surface area contributed by atoms with E-state index in [1.807, 2.05) is 0 Å². The molecule has 1 aromatic carbocycles. The second kappa shape index (κ2) is 5.67. The van der Waals surface area contributed by atoms with Crippen LogP contribution < -0.4 is 10.1 Å². The van der Waals surface area contributed by atoms with Crippen molar-refractivity contribution in [2.24, 2.45) is 0 Å². The number of nitrogens with zero attached hydrogens (tertiary/aromatic N) is 1. The lowest BCUT2D eigenvalue weighted by Crippen LogP contribution is -2.22. The van der Waals surface area contributed by atoms with Gasteiger partial charge in [-0.25, -0.2) is 4.98 Å². The first-order valence-corrected chi connectivity index (χ1v) is 7.55. The van der Waals surface area contributed by atoms with Crippen molar-refractivity contribution in [3.8, 4) is 5.75 Å². The quantitative estimate of drug-likeness (QED) is 0.938. The van der Waals surface area contributed by atoms with Crippen LogP contribution in [-0.2, 0) is 19.6 Å². The second-order valence-electron chi connectivity index (χ2n) is 4.27. The van der Waals surface area contributed by atoms with Crippen molar-refractivity contribution in [2.75, 3.05) is 6.54 Å². The molecule has 1 aliphatic heterocycles. The highest BCUT2D eigenvalue weighted by Crippen LogP contribution is 2.29. The average Bonchev–Trinajstić information content (AvgIpc) is 2.80. The number of hydrogen-bond donors (Lipinski definition) is 1. The Hall–Kier alpha value is -0.810. The van der Waals surface area contributed by atoms with Gasteiger partial charge in [0.05, 0.1) is 10.7 Å². The normalized spacial score (nSPS) is 14.2. The maximum Gasteiger partial charge on any atom is 0.140 e. The Bertz CT molecular complexity index is 577. The molecule has 100 valence electrons. The predicted octanol–water partition coefficient (Wildman–Crippen LogP) is 3.67. The van der Waals surface area contributed by atoms with Crippen LogP contribution in [0.3, 0.4) is 0 Å². The SMILES string of the molecule is Clc1ccc(OCc2nc3c(s2)CNCC3)c(Cl)c1. The van der Waals surface area contributed by atoms with Gasteiger partial charge in [-0.05, 0) is 18.2 Å². The van der Waals surface area contributed by atoms with Gasteiger partial charge in [-0.3, -0.25) is 0 Å². The lowest BCUT2D eigenvalue weighted by atomic mass is 10.2. The van der Waals surface area contributed by atoms with E-state index >= 15 is 0 Å². The van der Waals surface area contributed by atoms with Crippen LogP contribution in [0.5, 0.6) is 5.75 Å². The summed E-state index contributed by atoms with van der Waals surface area (Å²) in [7, 11) is 0. The van der Waals surface area contributed by atoms with Gasteiger partial charge in [0.25, 0.3) is 0 Å². The monoisotopic (exact) mass is 314 g/mol. The molecule has 0 unspecified atom stereocenters. The van der Waals surface area contributed by atoms with Crippen LogP contribution >= 0.6 is 34.5 Å². The highest BCUT2D eigenvalue weighted by molar-refractivity contribution is 7.11. The van der Waals surface area contributed by atoms with Crippen molar-refractivity contribution in [1.82, 2.24) is 10.3 Å². The zero-order valence-electron chi connectivity index (χ0n) is 10.1. The molecule has 0 atom stereocenters. The van der Waals surface area contributed by atoms with E-state index in [0.717, 1.165) is 24.5 Å². The number of halogens is 2. The third kappa shape index (κ3) is 3.03. The smallest absolute Gasteiger partial charge is 0.140 e. The number of aromatic nitrogens is 1. The number of ether oxygens (including phenoxy) is 1. The van der Waals surface area contributed by atoms with Gasteiger partial charge < -0.3 is 10.1 Å². The van der Waals surface area contributed by atoms with Gasteiger partial charge in [-0.15, -0.1) is 11.3 Å². The topological polar surface area (TPSA) is 34.1 Å². The van der Waals surface area contributed by atoms with Crippen LogP contribution in [0.15, 0.2) is 18.2 Å². The number of fused-ring (bicyclic) bond motifs is 1. The number of rotatable bonds is 3. The van der Waals surface area contributed by atoms with Gasteiger partial charge in [0.2, 0.25) is 0 Å². The van der Waals surface area contributed by atoms with E-state index in [1.54, 1.807) is 29.5 Å². The molecule has 0 bridgehead atoms. The third-order valence-corrected chi connectivity index (χ3v) is 4.49. The van der Waals surface area contributed by atoms with Crippen molar-refractivity contribution in [1.29, 1.82) is 0 Å². The Balaban J connectivity index is 1.70. The van der Waals surface area contributed by atoms with E-state index < -0.39 is 0 Å². The Labute approximate surface area is 125 Å². The Morgan fingerprint density at radius 3 is 3.05 bits per heavy atom. The van der Waals surface area contributed by atoms with Crippen LogP contribution in [0, 0.1) is 0 Å². The molecule has 2 aromatic rings. The first-order chi connectivity index (χ1) is 9.22. The summed E-state index contributed by atoms with van der Waals surface area (Å²) in [6.45, 7) is 2.35. The van der Waals surface area contributed by atoms with Crippen molar-refractivity contribution in [2.45, 2.75) is 19.6 Å². The van der Waals surface area contributed by atoms with E-state index in [4.69, 9.17) is 27.9 Å². The molecule has 0 amide bonds. The van der Waals surface area contributed by atoms with E-state index in [1.165, 1.54) is 10.6 Å². The van der Waals surface area contributed by atoms with E-state index in [2.05, 4.69) is 10.3 Å². The van der Waals surface area contributed by atoms with Crippen LogP contribution in [0.4, 0.5) is 0 Å². The second-order valence-corrected chi connectivity index (χ2v) is 6.28. The van der Waals surface area contributed by atoms with Crippen LogP contribution in [-0.4, -0.2) is 11.5 Å². The summed E-state index contributed by atoms with van der Waals surface area (Å²) < 4.78 is 5.69. The standard InChI is InChI=1S/C13H12Cl2N2OS/c14-8-1-2-11(9(15)5-8)18-7-13-17-10-3-4-16-6-12(10)19-13/h1-2,5,16H,3-4,6-7H2. The fourth-order valence-electron chi connectivity index (χ4n) is 1.97. The molecule has 1 N–H and O–H groups in total. The lowest BCUT2D eigenvalue weighted by molar-refractivity contribution is 0.305. The largest absolute Gasteiger partial charge is 0.485 e. The molecule has 1 aliphatic rings. The minimum Gasteiger partial charge on any atom is -0.485 e. The molecule has 0 saturated heterocycles. The minimum absolute atomic E-state index is 0.443.